The first-order chi connectivity index (χ1) is 10.7. The third kappa shape index (κ3) is 2.51. The van der Waals surface area contributed by atoms with Gasteiger partial charge in [0.05, 0.1) is 31.3 Å². The summed E-state index contributed by atoms with van der Waals surface area (Å²) < 4.78 is 10.7. The predicted molar refractivity (Wildman–Crippen MR) is 91.2 cm³/mol. The van der Waals surface area contributed by atoms with Crippen LogP contribution >= 0.6 is 0 Å². The third-order valence-corrected chi connectivity index (χ3v) is 3.63. The number of hydrogen-bond acceptors (Lipinski definition) is 4. The van der Waals surface area contributed by atoms with Gasteiger partial charge in [0.1, 0.15) is 11.5 Å². The fourth-order valence-corrected chi connectivity index (χ4v) is 2.47. The zero-order valence-electron chi connectivity index (χ0n) is 12.6. The second kappa shape index (κ2) is 5.85. The molecule has 0 aliphatic rings. The highest BCUT2D eigenvalue weighted by atomic mass is 16.5. The van der Waals surface area contributed by atoms with Crippen molar-refractivity contribution in [3.63, 3.8) is 0 Å². The van der Waals surface area contributed by atoms with Gasteiger partial charge in [0.25, 0.3) is 0 Å². The molecular formula is C18H18N2O2. The van der Waals surface area contributed by atoms with Gasteiger partial charge in [0.2, 0.25) is 0 Å². The maximum atomic E-state index is 6.16. The molecule has 3 rings (SSSR count). The van der Waals surface area contributed by atoms with Gasteiger partial charge in [0.15, 0.2) is 0 Å². The highest BCUT2D eigenvalue weighted by Crippen LogP contribution is 2.36. The van der Waals surface area contributed by atoms with Crippen molar-refractivity contribution < 1.29 is 9.47 Å². The minimum atomic E-state index is 0.684. The lowest BCUT2D eigenvalue weighted by Gasteiger charge is -2.16. The van der Waals surface area contributed by atoms with Crippen molar-refractivity contribution in [1.82, 2.24) is 0 Å². The number of rotatable bonds is 4. The Morgan fingerprint density at radius 1 is 0.909 bits per heavy atom. The number of hydrogen-bond donors (Lipinski definition) is 2. The van der Waals surface area contributed by atoms with Gasteiger partial charge in [0, 0.05) is 11.5 Å². The number of methoxy groups -OCH3 is 2. The molecule has 0 aliphatic carbocycles. The van der Waals surface area contributed by atoms with Crippen molar-refractivity contribution >= 4 is 27.8 Å². The van der Waals surface area contributed by atoms with Gasteiger partial charge in [-0.05, 0) is 23.6 Å². The van der Waals surface area contributed by atoms with Gasteiger partial charge in [-0.1, -0.05) is 30.3 Å². The molecule has 4 nitrogen and oxygen atoms in total. The van der Waals surface area contributed by atoms with Crippen LogP contribution in [0.5, 0.6) is 11.5 Å². The predicted octanol–water partition coefficient (Wildman–Crippen LogP) is 4.18. The van der Waals surface area contributed by atoms with Crippen molar-refractivity contribution in [2.75, 3.05) is 25.3 Å². The highest BCUT2D eigenvalue weighted by molar-refractivity contribution is 6.01. The number of nitrogens with one attached hydrogen (secondary N) is 1. The van der Waals surface area contributed by atoms with Crippen LogP contribution in [0.2, 0.25) is 0 Å². The number of nitrogen functional groups attached to an aromatic ring is 1. The molecule has 0 aromatic heterocycles. The second-order valence-corrected chi connectivity index (χ2v) is 4.94. The lowest BCUT2D eigenvalue weighted by molar-refractivity contribution is 0.405. The number of benzene rings is 3. The minimum Gasteiger partial charge on any atom is -0.497 e. The maximum Gasteiger partial charge on any atom is 0.142 e. The Bertz CT molecular complexity index is 815. The summed E-state index contributed by atoms with van der Waals surface area (Å²) in [5.41, 5.74) is 8.52. The summed E-state index contributed by atoms with van der Waals surface area (Å²) in [4.78, 5) is 0. The van der Waals surface area contributed by atoms with E-state index in [1.807, 2.05) is 48.5 Å². The molecule has 0 fully saturated rings. The van der Waals surface area contributed by atoms with Crippen LogP contribution in [-0.4, -0.2) is 14.2 Å². The molecule has 0 radical (unpaired) electrons. The van der Waals surface area contributed by atoms with Crippen LogP contribution in [0, 0.1) is 0 Å². The summed E-state index contributed by atoms with van der Waals surface area (Å²) in [6.07, 6.45) is 0. The van der Waals surface area contributed by atoms with Crippen molar-refractivity contribution in [2.24, 2.45) is 0 Å². The Kier molecular flexibility index (Phi) is 3.74. The Morgan fingerprint density at radius 3 is 2.50 bits per heavy atom. The average Bonchev–Trinajstić information content (AvgIpc) is 2.57. The molecule has 112 valence electrons. The van der Waals surface area contributed by atoms with Gasteiger partial charge >= 0.3 is 0 Å². The number of nitrogens with two attached hydrogens (primary N) is 1. The zero-order chi connectivity index (χ0) is 15.5. The van der Waals surface area contributed by atoms with E-state index in [-0.39, 0.29) is 0 Å². The molecule has 3 N–H and O–H groups in total. The molecule has 22 heavy (non-hydrogen) atoms. The van der Waals surface area contributed by atoms with Crippen LogP contribution in [0.4, 0.5) is 17.1 Å². The molecule has 0 amide bonds. The fraction of sp³-hybridized carbons (Fsp3) is 0.111. The third-order valence-electron chi connectivity index (χ3n) is 3.63. The van der Waals surface area contributed by atoms with Crippen LogP contribution in [0.15, 0.2) is 54.6 Å². The van der Waals surface area contributed by atoms with Crippen LogP contribution < -0.4 is 20.5 Å². The first kappa shape index (κ1) is 14.1. The molecular weight excluding hydrogens is 276 g/mol. The SMILES string of the molecule is COc1ccc(OC)c(Nc2c(N)ccc3ccccc23)c1. The van der Waals surface area contributed by atoms with E-state index in [0.29, 0.717) is 5.69 Å². The average molecular weight is 294 g/mol. The Labute approximate surface area is 129 Å². The van der Waals surface area contributed by atoms with E-state index in [9.17, 15) is 0 Å². The molecule has 3 aromatic carbocycles. The van der Waals surface area contributed by atoms with Gasteiger partial charge in [-0.2, -0.15) is 0 Å². The summed E-state index contributed by atoms with van der Waals surface area (Å²) in [5.74, 6) is 1.48. The summed E-state index contributed by atoms with van der Waals surface area (Å²) >= 11 is 0. The van der Waals surface area contributed by atoms with Crippen LogP contribution in [0.25, 0.3) is 10.8 Å². The lowest BCUT2D eigenvalue weighted by atomic mass is 10.1. The Balaban J connectivity index is 2.12. The molecule has 0 saturated carbocycles. The van der Waals surface area contributed by atoms with E-state index < -0.39 is 0 Å². The standard InChI is InChI=1S/C18H18N2O2/c1-21-13-8-10-17(22-2)16(11-13)20-18-14-6-4-3-5-12(14)7-9-15(18)19/h3-11,20H,19H2,1-2H3. The monoisotopic (exact) mass is 294 g/mol. The lowest BCUT2D eigenvalue weighted by Crippen LogP contribution is -2.00. The van der Waals surface area contributed by atoms with E-state index in [1.165, 1.54) is 0 Å². The summed E-state index contributed by atoms with van der Waals surface area (Å²) in [6, 6.07) is 17.6. The van der Waals surface area contributed by atoms with E-state index in [4.69, 9.17) is 15.2 Å². The topological polar surface area (TPSA) is 56.5 Å². The molecule has 0 bridgehead atoms. The van der Waals surface area contributed by atoms with Crippen LogP contribution in [-0.2, 0) is 0 Å². The summed E-state index contributed by atoms with van der Waals surface area (Å²) in [7, 11) is 3.28. The largest absolute Gasteiger partial charge is 0.497 e. The molecule has 3 aromatic rings. The molecule has 0 heterocycles. The number of anilines is 3. The van der Waals surface area contributed by atoms with Crippen molar-refractivity contribution in [3.05, 3.63) is 54.6 Å². The van der Waals surface area contributed by atoms with E-state index in [0.717, 1.165) is 33.6 Å². The highest BCUT2D eigenvalue weighted by Gasteiger charge is 2.10. The van der Waals surface area contributed by atoms with Gasteiger partial charge in [-0.25, -0.2) is 0 Å². The minimum absolute atomic E-state index is 0.684. The first-order valence-corrected chi connectivity index (χ1v) is 6.99. The molecule has 0 aliphatic heterocycles. The zero-order valence-corrected chi connectivity index (χ0v) is 12.6. The maximum absolute atomic E-state index is 6.16. The number of ether oxygens (including phenoxy) is 2. The molecule has 0 spiro atoms. The first-order valence-electron chi connectivity index (χ1n) is 6.99. The van der Waals surface area contributed by atoms with E-state index in [2.05, 4.69) is 11.4 Å². The Hall–Kier alpha value is -2.88. The summed E-state index contributed by atoms with van der Waals surface area (Å²) in [5, 5.41) is 5.57. The normalized spacial score (nSPS) is 10.5. The smallest absolute Gasteiger partial charge is 0.142 e. The Morgan fingerprint density at radius 2 is 1.73 bits per heavy atom. The number of fused-ring (bicyclic) bond motifs is 1. The van der Waals surface area contributed by atoms with Crippen molar-refractivity contribution in [1.29, 1.82) is 0 Å². The van der Waals surface area contributed by atoms with Gasteiger partial charge in [-0.15, -0.1) is 0 Å². The quantitative estimate of drug-likeness (QED) is 0.709. The summed E-state index contributed by atoms with van der Waals surface area (Å²) in [6.45, 7) is 0. The van der Waals surface area contributed by atoms with Crippen molar-refractivity contribution in [3.8, 4) is 11.5 Å². The van der Waals surface area contributed by atoms with E-state index >= 15 is 0 Å². The molecule has 0 atom stereocenters. The second-order valence-electron chi connectivity index (χ2n) is 4.94. The molecule has 4 heteroatoms. The molecule has 0 unspecified atom stereocenters. The molecule has 0 saturated heterocycles. The van der Waals surface area contributed by atoms with E-state index in [1.54, 1.807) is 14.2 Å². The van der Waals surface area contributed by atoms with Crippen LogP contribution in [0.1, 0.15) is 0 Å². The van der Waals surface area contributed by atoms with Gasteiger partial charge in [-0.3, -0.25) is 0 Å². The van der Waals surface area contributed by atoms with Crippen molar-refractivity contribution in [2.45, 2.75) is 0 Å². The fourth-order valence-electron chi connectivity index (χ4n) is 2.47. The van der Waals surface area contributed by atoms with Crippen LogP contribution in [0.3, 0.4) is 0 Å². The van der Waals surface area contributed by atoms with Gasteiger partial charge < -0.3 is 20.5 Å².